The Balaban J connectivity index is 2.33. The lowest BCUT2D eigenvalue weighted by Crippen LogP contribution is -1.94. The molecule has 0 fully saturated rings. The fraction of sp³-hybridized carbons (Fsp3) is 0.667. The number of nitrogens with zero attached hydrogens (tertiary/aromatic N) is 1. The summed E-state index contributed by atoms with van der Waals surface area (Å²) in [6.07, 6.45) is 1.84. The molecular formula is C6H11N3OS. The van der Waals surface area contributed by atoms with Crippen LogP contribution in [-0.4, -0.2) is 28.9 Å². The summed E-state index contributed by atoms with van der Waals surface area (Å²) < 4.78 is 5.40. The predicted octanol–water partition coefficient (Wildman–Crippen LogP) is 1.05. The van der Waals surface area contributed by atoms with E-state index in [0.717, 1.165) is 25.3 Å². The van der Waals surface area contributed by atoms with Crippen molar-refractivity contribution in [2.45, 2.75) is 12.8 Å². The Labute approximate surface area is 70.0 Å². The molecule has 0 amide bonds. The summed E-state index contributed by atoms with van der Waals surface area (Å²) in [4.78, 5) is 4.03. The lowest BCUT2D eigenvalue weighted by atomic mass is 10.3. The van der Waals surface area contributed by atoms with Crippen molar-refractivity contribution in [2.24, 2.45) is 0 Å². The third kappa shape index (κ3) is 2.81. The van der Waals surface area contributed by atoms with Gasteiger partial charge in [0.2, 0.25) is 4.77 Å². The Morgan fingerprint density at radius 2 is 2.36 bits per heavy atom. The molecule has 1 rings (SSSR count). The smallest absolute Gasteiger partial charge is 0.213 e. The number of ether oxygens (including phenoxy) is 1. The largest absolute Gasteiger partial charge is 0.385 e. The molecule has 0 aliphatic rings. The molecule has 0 aliphatic carbocycles. The molecule has 1 aromatic heterocycles. The standard InChI is InChI=1S/C6H11N3OS/c1-10-4-2-3-5-7-6(11)9-8-5/h2-4H2,1H3,(H2,7,8,9,11). The van der Waals surface area contributed by atoms with Crippen LogP contribution in [0.1, 0.15) is 12.2 Å². The molecular weight excluding hydrogens is 162 g/mol. The van der Waals surface area contributed by atoms with Crippen molar-refractivity contribution in [3.63, 3.8) is 0 Å². The molecule has 0 aromatic carbocycles. The highest BCUT2D eigenvalue weighted by Gasteiger charge is 1.94. The van der Waals surface area contributed by atoms with Crippen LogP contribution < -0.4 is 0 Å². The molecule has 1 heterocycles. The summed E-state index contributed by atoms with van der Waals surface area (Å²) in [5, 5.41) is 5.60. The Morgan fingerprint density at radius 3 is 2.91 bits per heavy atom. The van der Waals surface area contributed by atoms with Crippen LogP contribution in [0.3, 0.4) is 0 Å². The molecule has 11 heavy (non-hydrogen) atoms. The van der Waals surface area contributed by atoms with Crippen LogP contribution in [0.2, 0.25) is 0 Å². The van der Waals surface area contributed by atoms with Crippen molar-refractivity contribution in [1.82, 2.24) is 15.2 Å². The molecule has 0 aliphatic heterocycles. The first-order valence-corrected chi connectivity index (χ1v) is 3.86. The van der Waals surface area contributed by atoms with Crippen molar-refractivity contribution in [1.29, 1.82) is 0 Å². The molecule has 0 saturated carbocycles. The second kappa shape index (κ2) is 4.25. The monoisotopic (exact) mass is 173 g/mol. The van der Waals surface area contributed by atoms with Gasteiger partial charge in [-0.1, -0.05) is 0 Å². The molecule has 0 radical (unpaired) electrons. The maximum atomic E-state index is 4.89. The normalized spacial score (nSPS) is 10.3. The van der Waals surface area contributed by atoms with Gasteiger partial charge in [-0.15, -0.1) is 0 Å². The van der Waals surface area contributed by atoms with Gasteiger partial charge < -0.3 is 4.74 Å². The maximum Gasteiger partial charge on any atom is 0.213 e. The van der Waals surface area contributed by atoms with E-state index in [0.29, 0.717) is 4.77 Å². The van der Waals surface area contributed by atoms with Gasteiger partial charge in [-0.2, -0.15) is 0 Å². The molecule has 0 bridgehead atoms. The van der Waals surface area contributed by atoms with Crippen LogP contribution >= 0.6 is 12.2 Å². The summed E-state index contributed by atoms with van der Waals surface area (Å²) >= 11 is 4.78. The summed E-state index contributed by atoms with van der Waals surface area (Å²) in [6, 6.07) is 0. The van der Waals surface area contributed by atoms with Crippen molar-refractivity contribution in [3.8, 4) is 0 Å². The van der Waals surface area contributed by atoms with E-state index in [1.165, 1.54) is 0 Å². The quantitative estimate of drug-likeness (QED) is 0.528. The van der Waals surface area contributed by atoms with Gasteiger partial charge in [-0.05, 0) is 18.6 Å². The van der Waals surface area contributed by atoms with Crippen molar-refractivity contribution >= 4 is 12.2 Å². The lowest BCUT2D eigenvalue weighted by Gasteiger charge is -1.94. The number of rotatable bonds is 4. The minimum absolute atomic E-state index is 0.511. The maximum absolute atomic E-state index is 4.89. The number of methoxy groups -OCH3 is 1. The van der Waals surface area contributed by atoms with Crippen molar-refractivity contribution < 1.29 is 4.74 Å². The van der Waals surface area contributed by atoms with Crippen LogP contribution in [0.5, 0.6) is 0 Å². The molecule has 0 unspecified atom stereocenters. The van der Waals surface area contributed by atoms with E-state index in [1.54, 1.807) is 7.11 Å². The zero-order chi connectivity index (χ0) is 8.10. The number of aromatic nitrogens is 3. The second-order valence-electron chi connectivity index (χ2n) is 2.21. The Morgan fingerprint density at radius 1 is 1.55 bits per heavy atom. The van der Waals surface area contributed by atoms with Crippen LogP contribution in [-0.2, 0) is 11.2 Å². The van der Waals surface area contributed by atoms with Crippen LogP contribution in [0, 0.1) is 4.77 Å². The second-order valence-corrected chi connectivity index (χ2v) is 2.60. The predicted molar refractivity (Wildman–Crippen MR) is 44.0 cm³/mol. The van der Waals surface area contributed by atoms with Gasteiger partial charge in [0.05, 0.1) is 0 Å². The topological polar surface area (TPSA) is 53.7 Å². The van der Waals surface area contributed by atoms with Crippen LogP contribution in [0.15, 0.2) is 0 Å². The summed E-state index contributed by atoms with van der Waals surface area (Å²) in [5.41, 5.74) is 0. The summed E-state index contributed by atoms with van der Waals surface area (Å²) in [5.74, 6) is 0.895. The lowest BCUT2D eigenvalue weighted by molar-refractivity contribution is 0.194. The van der Waals surface area contributed by atoms with Crippen LogP contribution in [0.4, 0.5) is 0 Å². The van der Waals surface area contributed by atoms with E-state index in [4.69, 9.17) is 17.0 Å². The summed E-state index contributed by atoms with van der Waals surface area (Å²) in [7, 11) is 1.69. The number of aromatic amines is 2. The van der Waals surface area contributed by atoms with Crippen molar-refractivity contribution in [3.05, 3.63) is 10.6 Å². The zero-order valence-electron chi connectivity index (χ0n) is 6.39. The van der Waals surface area contributed by atoms with E-state index in [1.807, 2.05) is 0 Å². The highest BCUT2D eigenvalue weighted by molar-refractivity contribution is 7.71. The molecule has 0 atom stereocenters. The third-order valence-electron chi connectivity index (χ3n) is 1.31. The van der Waals surface area contributed by atoms with E-state index in [-0.39, 0.29) is 0 Å². The molecule has 2 N–H and O–H groups in total. The Kier molecular flexibility index (Phi) is 3.25. The third-order valence-corrected chi connectivity index (χ3v) is 1.51. The first-order chi connectivity index (χ1) is 5.33. The average Bonchev–Trinajstić information content (AvgIpc) is 2.37. The molecule has 0 saturated heterocycles. The highest BCUT2D eigenvalue weighted by Crippen LogP contribution is 1.93. The molecule has 0 spiro atoms. The Hall–Kier alpha value is -0.680. The molecule has 62 valence electrons. The minimum Gasteiger partial charge on any atom is -0.385 e. The molecule has 4 nitrogen and oxygen atoms in total. The average molecular weight is 173 g/mol. The van der Waals surface area contributed by atoms with E-state index in [9.17, 15) is 0 Å². The first kappa shape index (κ1) is 8.42. The number of hydrogen-bond donors (Lipinski definition) is 2. The number of aryl methyl sites for hydroxylation is 1. The minimum atomic E-state index is 0.511. The van der Waals surface area contributed by atoms with E-state index < -0.39 is 0 Å². The van der Waals surface area contributed by atoms with E-state index >= 15 is 0 Å². The fourth-order valence-electron chi connectivity index (χ4n) is 0.806. The fourth-order valence-corrected chi connectivity index (χ4v) is 0.968. The molecule has 1 aromatic rings. The number of nitrogens with one attached hydrogen (secondary N) is 2. The SMILES string of the molecule is COCCCc1nc(=S)[nH][nH]1. The van der Waals surface area contributed by atoms with E-state index in [2.05, 4.69) is 15.2 Å². The number of H-pyrrole nitrogens is 2. The molecule has 5 heteroatoms. The van der Waals surface area contributed by atoms with Gasteiger partial charge in [0.15, 0.2) is 0 Å². The summed E-state index contributed by atoms with van der Waals surface area (Å²) in [6.45, 7) is 0.757. The van der Waals surface area contributed by atoms with Gasteiger partial charge in [-0.25, -0.2) is 4.98 Å². The first-order valence-electron chi connectivity index (χ1n) is 3.45. The highest BCUT2D eigenvalue weighted by atomic mass is 32.1. The van der Waals surface area contributed by atoms with Gasteiger partial charge in [0.25, 0.3) is 0 Å². The zero-order valence-corrected chi connectivity index (χ0v) is 7.20. The van der Waals surface area contributed by atoms with Gasteiger partial charge in [0, 0.05) is 20.1 Å². The van der Waals surface area contributed by atoms with Crippen LogP contribution in [0.25, 0.3) is 0 Å². The van der Waals surface area contributed by atoms with Gasteiger partial charge in [-0.3, -0.25) is 10.2 Å². The Bertz CT molecular complexity index is 254. The number of hydrogen-bond acceptors (Lipinski definition) is 3. The van der Waals surface area contributed by atoms with Gasteiger partial charge >= 0.3 is 0 Å². The van der Waals surface area contributed by atoms with Crippen molar-refractivity contribution in [2.75, 3.05) is 13.7 Å². The van der Waals surface area contributed by atoms with Gasteiger partial charge in [0.1, 0.15) is 5.82 Å².